The molecule has 19 heavy (non-hydrogen) atoms. The minimum absolute atomic E-state index is 0.0728. The van der Waals surface area contributed by atoms with Crippen LogP contribution in [0.25, 0.3) is 0 Å². The minimum Gasteiger partial charge on any atom is -0.365 e. The molecule has 3 rings (SSSR count). The molecule has 0 atom stereocenters. The number of thiophene rings is 1. The third kappa shape index (κ3) is 2.45. The van der Waals surface area contributed by atoms with Gasteiger partial charge in [0, 0.05) is 13.0 Å². The molecule has 5 nitrogen and oxygen atoms in total. The van der Waals surface area contributed by atoms with Crippen molar-refractivity contribution in [3.63, 3.8) is 0 Å². The number of nitrogens with zero attached hydrogens (tertiary/aromatic N) is 2. The Hall–Kier alpha value is -1.18. The number of hydrogen-bond donors (Lipinski definition) is 1. The molecule has 2 aromatic rings. The van der Waals surface area contributed by atoms with Gasteiger partial charge in [0.25, 0.3) is 0 Å². The maximum Gasteiger partial charge on any atom is 0.224 e. The molecule has 100 valence electrons. The lowest BCUT2D eigenvalue weighted by atomic mass is 10.3. The number of sulfone groups is 1. The lowest BCUT2D eigenvalue weighted by Gasteiger charge is -2.09. The molecule has 0 fully saturated rings. The molecule has 0 radical (unpaired) electrons. The highest BCUT2D eigenvalue weighted by atomic mass is 35.5. The number of anilines is 1. The minimum atomic E-state index is -3.29. The van der Waals surface area contributed by atoms with Crippen LogP contribution in [-0.2, 0) is 22.8 Å². The Kier molecular flexibility index (Phi) is 3.20. The molecule has 0 bridgehead atoms. The number of fused-ring (bicyclic) bond motifs is 1. The van der Waals surface area contributed by atoms with Gasteiger partial charge in [-0.05, 0) is 34.0 Å². The van der Waals surface area contributed by atoms with Gasteiger partial charge in [0.05, 0.1) is 11.4 Å². The summed E-state index contributed by atoms with van der Waals surface area (Å²) < 4.78 is 24.0. The number of rotatable bonds is 3. The van der Waals surface area contributed by atoms with Gasteiger partial charge in [0.2, 0.25) is 5.28 Å². The van der Waals surface area contributed by atoms with Gasteiger partial charge in [-0.2, -0.15) is 16.3 Å². The highest BCUT2D eigenvalue weighted by Crippen LogP contribution is 2.31. The molecular formula is C11H10ClN3O2S2. The Balaban J connectivity index is 1.97. The van der Waals surface area contributed by atoms with E-state index in [4.69, 9.17) is 11.6 Å². The normalized spacial score (nSPS) is 16.3. The summed E-state index contributed by atoms with van der Waals surface area (Å²) in [6.07, 6.45) is 0.396. The standard InChI is InChI=1S/C11H10ClN3O2S2/c12-11-14-8-2-4-19(16,17)9(8)10(15-11)13-5-7-1-3-18-6-7/h1,3,6H,2,4-5H2,(H,13,14,15). The van der Waals surface area contributed by atoms with E-state index in [1.807, 2.05) is 16.8 Å². The Morgan fingerprint density at radius 3 is 3.00 bits per heavy atom. The lowest BCUT2D eigenvalue weighted by Crippen LogP contribution is -2.09. The Bertz CT molecular complexity index is 714. The Morgan fingerprint density at radius 2 is 2.26 bits per heavy atom. The molecule has 3 heterocycles. The fourth-order valence-electron chi connectivity index (χ4n) is 1.99. The number of hydrogen-bond acceptors (Lipinski definition) is 6. The summed E-state index contributed by atoms with van der Waals surface area (Å²) in [4.78, 5) is 8.20. The van der Waals surface area contributed by atoms with E-state index >= 15 is 0 Å². The summed E-state index contributed by atoms with van der Waals surface area (Å²) in [5.74, 6) is 0.378. The SMILES string of the molecule is O=S1(=O)CCc2nc(Cl)nc(NCc3ccsc3)c21. The first kappa shape index (κ1) is 12.8. The monoisotopic (exact) mass is 315 g/mol. The van der Waals surface area contributed by atoms with Crippen molar-refractivity contribution in [2.24, 2.45) is 0 Å². The van der Waals surface area contributed by atoms with Crippen molar-refractivity contribution in [3.8, 4) is 0 Å². The predicted molar refractivity (Wildman–Crippen MR) is 74.4 cm³/mol. The van der Waals surface area contributed by atoms with Crippen molar-refractivity contribution in [2.75, 3.05) is 11.1 Å². The third-order valence-electron chi connectivity index (χ3n) is 2.87. The van der Waals surface area contributed by atoms with Crippen LogP contribution in [0.15, 0.2) is 21.7 Å². The molecule has 1 N–H and O–H groups in total. The predicted octanol–water partition coefficient (Wildman–Crippen LogP) is 2.13. The smallest absolute Gasteiger partial charge is 0.224 e. The summed E-state index contributed by atoms with van der Waals surface area (Å²) in [6, 6.07) is 1.97. The first-order valence-corrected chi connectivity index (χ1v) is 8.58. The Labute approximate surface area is 119 Å². The molecule has 1 aliphatic heterocycles. The van der Waals surface area contributed by atoms with Gasteiger partial charge in [-0.1, -0.05) is 0 Å². The fourth-order valence-corrected chi connectivity index (χ4v) is 4.44. The summed E-state index contributed by atoms with van der Waals surface area (Å²) >= 11 is 7.41. The summed E-state index contributed by atoms with van der Waals surface area (Å²) in [5, 5.41) is 7.06. The molecule has 0 aliphatic carbocycles. The van der Waals surface area contributed by atoms with Crippen molar-refractivity contribution >= 4 is 38.6 Å². The van der Waals surface area contributed by atoms with Crippen LogP contribution in [0.5, 0.6) is 0 Å². The van der Waals surface area contributed by atoms with E-state index < -0.39 is 9.84 Å². The van der Waals surface area contributed by atoms with E-state index in [-0.39, 0.29) is 15.9 Å². The third-order valence-corrected chi connectivity index (χ3v) is 5.56. The fraction of sp³-hybridized carbons (Fsp3) is 0.273. The van der Waals surface area contributed by atoms with E-state index in [0.717, 1.165) is 5.56 Å². The Morgan fingerprint density at radius 1 is 1.42 bits per heavy atom. The first-order chi connectivity index (χ1) is 9.06. The van der Waals surface area contributed by atoms with E-state index in [2.05, 4.69) is 15.3 Å². The van der Waals surface area contributed by atoms with Crippen molar-refractivity contribution in [1.82, 2.24) is 9.97 Å². The van der Waals surface area contributed by atoms with Gasteiger partial charge in [-0.15, -0.1) is 0 Å². The van der Waals surface area contributed by atoms with Crippen molar-refractivity contribution < 1.29 is 8.42 Å². The van der Waals surface area contributed by atoms with E-state index in [1.165, 1.54) is 0 Å². The van der Waals surface area contributed by atoms with Crippen LogP contribution < -0.4 is 5.32 Å². The summed E-state index contributed by atoms with van der Waals surface area (Å²) in [5.41, 5.74) is 1.58. The van der Waals surface area contributed by atoms with Gasteiger partial charge in [-0.3, -0.25) is 0 Å². The zero-order valence-electron chi connectivity index (χ0n) is 9.76. The van der Waals surface area contributed by atoms with Crippen LogP contribution in [0.2, 0.25) is 5.28 Å². The van der Waals surface area contributed by atoms with Gasteiger partial charge in [0.15, 0.2) is 9.84 Å². The molecule has 0 saturated carbocycles. The summed E-state index contributed by atoms with van der Waals surface area (Å²) in [7, 11) is -3.29. The van der Waals surface area contributed by atoms with Crippen LogP contribution in [0.1, 0.15) is 11.3 Å². The zero-order valence-corrected chi connectivity index (χ0v) is 12.1. The topological polar surface area (TPSA) is 72.0 Å². The number of nitrogens with one attached hydrogen (secondary N) is 1. The van der Waals surface area contributed by atoms with Gasteiger partial charge >= 0.3 is 0 Å². The molecular weight excluding hydrogens is 306 g/mol. The molecule has 0 saturated heterocycles. The zero-order chi connectivity index (χ0) is 13.5. The van der Waals surface area contributed by atoms with Crippen molar-refractivity contribution in [2.45, 2.75) is 17.9 Å². The number of aryl methyl sites for hydroxylation is 1. The molecule has 0 spiro atoms. The molecule has 8 heteroatoms. The molecule has 2 aromatic heterocycles. The average molecular weight is 316 g/mol. The molecule has 1 aliphatic rings. The second-order valence-electron chi connectivity index (χ2n) is 4.17. The van der Waals surface area contributed by atoms with Gasteiger partial charge in [-0.25, -0.2) is 13.4 Å². The molecule has 0 unspecified atom stereocenters. The summed E-state index contributed by atoms with van der Waals surface area (Å²) in [6.45, 7) is 0.513. The average Bonchev–Trinajstić information content (AvgIpc) is 2.95. The van der Waals surface area contributed by atoms with Gasteiger partial charge in [0.1, 0.15) is 10.7 Å². The molecule has 0 aromatic carbocycles. The van der Waals surface area contributed by atoms with Crippen LogP contribution in [0.4, 0.5) is 5.82 Å². The second kappa shape index (κ2) is 4.73. The lowest BCUT2D eigenvalue weighted by molar-refractivity contribution is 0.600. The van der Waals surface area contributed by atoms with E-state index in [0.29, 0.717) is 24.5 Å². The van der Waals surface area contributed by atoms with Crippen LogP contribution in [0, 0.1) is 0 Å². The highest BCUT2D eigenvalue weighted by molar-refractivity contribution is 7.91. The quantitative estimate of drug-likeness (QED) is 0.879. The van der Waals surface area contributed by atoms with Crippen molar-refractivity contribution in [1.29, 1.82) is 0 Å². The maximum atomic E-state index is 12.0. The number of aromatic nitrogens is 2. The largest absolute Gasteiger partial charge is 0.365 e. The molecule has 0 amide bonds. The maximum absolute atomic E-state index is 12.0. The van der Waals surface area contributed by atoms with Crippen LogP contribution in [0.3, 0.4) is 0 Å². The number of halogens is 1. The van der Waals surface area contributed by atoms with E-state index in [1.54, 1.807) is 11.3 Å². The van der Waals surface area contributed by atoms with E-state index in [9.17, 15) is 8.42 Å². The second-order valence-corrected chi connectivity index (χ2v) is 7.34. The highest BCUT2D eigenvalue weighted by Gasteiger charge is 2.32. The first-order valence-electron chi connectivity index (χ1n) is 5.60. The van der Waals surface area contributed by atoms with Gasteiger partial charge < -0.3 is 5.32 Å². The van der Waals surface area contributed by atoms with Crippen LogP contribution in [-0.4, -0.2) is 24.1 Å². The van der Waals surface area contributed by atoms with Crippen molar-refractivity contribution in [3.05, 3.63) is 33.4 Å². The van der Waals surface area contributed by atoms with Crippen LogP contribution >= 0.6 is 22.9 Å².